The van der Waals surface area contributed by atoms with Gasteiger partial charge >= 0.3 is 6.18 Å². The van der Waals surface area contributed by atoms with Crippen LogP contribution in [0.15, 0.2) is 47.4 Å². The number of hydrogen-bond acceptors (Lipinski definition) is 3. The summed E-state index contributed by atoms with van der Waals surface area (Å²) < 4.78 is 65.0. The van der Waals surface area contributed by atoms with Crippen LogP contribution in [0.2, 0.25) is 5.02 Å². The zero-order valence-electron chi connectivity index (χ0n) is 14.1. The highest BCUT2D eigenvalue weighted by atomic mass is 35.5. The van der Waals surface area contributed by atoms with Crippen molar-refractivity contribution >= 4 is 33.2 Å². The topological polar surface area (TPSA) is 75.3 Å². The lowest BCUT2D eigenvalue weighted by molar-refractivity contribution is -0.137. The molecule has 0 saturated carbocycles. The zero-order valence-corrected chi connectivity index (χ0v) is 15.7. The summed E-state index contributed by atoms with van der Waals surface area (Å²) in [4.78, 5) is 11.3. The summed E-state index contributed by atoms with van der Waals surface area (Å²) in [6.07, 6.45) is -4.97. The van der Waals surface area contributed by atoms with Crippen molar-refractivity contribution in [3.63, 3.8) is 0 Å². The Bertz CT molecular complexity index is 947. The van der Waals surface area contributed by atoms with Crippen LogP contribution in [0.3, 0.4) is 0 Å². The smallest absolute Gasteiger partial charge is 0.326 e. The van der Waals surface area contributed by atoms with E-state index in [1.165, 1.54) is 0 Å². The summed E-state index contributed by atoms with van der Waals surface area (Å²) in [6, 6.07) is 9.33. The largest absolute Gasteiger partial charge is 0.417 e. The van der Waals surface area contributed by atoms with Gasteiger partial charge in [0.15, 0.2) is 0 Å². The molecule has 0 unspecified atom stereocenters. The molecule has 0 spiro atoms. The Morgan fingerprint density at radius 2 is 1.81 bits per heavy atom. The molecule has 2 rings (SSSR count). The second kappa shape index (κ2) is 8.28. The summed E-state index contributed by atoms with van der Waals surface area (Å²) in [5, 5.41) is 2.03. The highest BCUT2D eigenvalue weighted by Gasteiger charge is 2.34. The Balaban J connectivity index is 2.01. The second-order valence-corrected chi connectivity index (χ2v) is 7.82. The minimum atomic E-state index is -4.78. The van der Waals surface area contributed by atoms with E-state index in [0.29, 0.717) is 11.8 Å². The van der Waals surface area contributed by atoms with Gasteiger partial charge in [0.1, 0.15) is 0 Å². The van der Waals surface area contributed by atoms with Crippen LogP contribution in [-0.4, -0.2) is 20.9 Å². The van der Waals surface area contributed by atoms with Crippen molar-refractivity contribution in [1.82, 2.24) is 4.72 Å². The predicted octanol–water partition coefficient (Wildman–Crippen LogP) is 3.97. The third-order valence-electron chi connectivity index (χ3n) is 3.62. The molecule has 0 fully saturated rings. The maximum absolute atomic E-state index is 12.9. The summed E-state index contributed by atoms with van der Waals surface area (Å²) >= 11 is 5.48. The normalized spacial score (nSPS) is 12.0. The van der Waals surface area contributed by atoms with Crippen LogP contribution in [0.5, 0.6) is 0 Å². The van der Waals surface area contributed by atoms with E-state index in [0.717, 1.165) is 17.7 Å². The van der Waals surface area contributed by atoms with Crippen LogP contribution in [0.25, 0.3) is 0 Å². The first-order chi connectivity index (χ1) is 12.5. The number of carbonyl (C=O) groups excluding carboxylic acids is 1. The highest BCUT2D eigenvalue weighted by molar-refractivity contribution is 7.89. The van der Waals surface area contributed by atoms with E-state index >= 15 is 0 Å². The van der Waals surface area contributed by atoms with Crippen LogP contribution < -0.4 is 10.0 Å². The van der Waals surface area contributed by atoms with E-state index in [2.05, 4.69) is 10.0 Å². The lowest BCUT2D eigenvalue weighted by Crippen LogP contribution is -2.28. The molecule has 0 aliphatic carbocycles. The number of amides is 1. The molecule has 10 heteroatoms. The van der Waals surface area contributed by atoms with Crippen LogP contribution >= 0.6 is 11.6 Å². The number of carbonyl (C=O) groups is 1. The van der Waals surface area contributed by atoms with Crippen LogP contribution in [-0.2, 0) is 21.0 Å². The summed E-state index contributed by atoms with van der Waals surface area (Å²) in [5.74, 6) is -0.431. The van der Waals surface area contributed by atoms with Gasteiger partial charge < -0.3 is 5.32 Å². The van der Waals surface area contributed by atoms with E-state index in [9.17, 15) is 26.4 Å². The minimum Gasteiger partial charge on any atom is -0.326 e. The molecule has 0 saturated heterocycles. The van der Waals surface area contributed by atoms with Gasteiger partial charge in [-0.05, 0) is 36.8 Å². The Kier molecular flexibility index (Phi) is 6.50. The van der Waals surface area contributed by atoms with Crippen molar-refractivity contribution in [3.05, 3.63) is 58.6 Å². The Hall–Kier alpha value is -2.10. The first-order valence-electron chi connectivity index (χ1n) is 7.72. The number of anilines is 1. The number of sulfonamides is 1. The molecular formula is C17H16ClF3N2O3S. The van der Waals surface area contributed by atoms with Crippen LogP contribution in [0.1, 0.15) is 17.5 Å². The monoisotopic (exact) mass is 420 g/mol. The second-order valence-electron chi connectivity index (χ2n) is 5.65. The molecule has 2 aromatic rings. The fourth-order valence-electron chi connectivity index (χ4n) is 2.20. The quantitative estimate of drug-likeness (QED) is 0.742. The standard InChI is InChI=1S/C17H16ClF3N2O3S/c1-11-4-2-3-5-15(11)23-16(24)8-9-22-27(25,26)12-6-7-14(18)13(10-12)17(19,20)21/h2-7,10,22H,8-9H2,1H3,(H,23,24). The summed E-state index contributed by atoms with van der Waals surface area (Å²) in [5.41, 5.74) is 0.189. The molecule has 0 aliphatic rings. The van der Waals surface area contributed by atoms with Crippen molar-refractivity contribution in [2.45, 2.75) is 24.4 Å². The number of para-hydroxylation sites is 1. The maximum Gasteiger partial charge on any atom is 0.417 e. The van der Waals surface area contributed by atoms with E-state index in [4.69, 9.17) is 11.6 Å². The van der Waals surface area contributed by atoms with Gasteiger partial charge in [-0.3, -0.25) is 4.79 Å². The molecule has 5 nitrogen and oxygen atoms in total. The fourth-order valence-corrected chi connectivity index (χ4v) is 3.48. The van der Waals surface area contributed by atoms with Gasteiger partial charge in [-0.15, -0.1) is 0 Å². The third-order valence-corrected chi connectivity index (χ3v) is 5.41. The number of aryl methyl sites for hydroxylation is 1. The molecule has 0 heterocycles. The number of benzene rings is 2. The molecule has 0 aliphatic heterocycles. The van der Waals surface area contributed by atoms with Gasteiger partial charge in [-0.25, -0.2) is 13.1 Å². The van der Waals surface area contributed by atoms with E-state index in [-0.39, 0.29) is 13.0 Å². The Morgan fingerprint density at radius 1 is 1.15 bits per heavy atom. The van der Waals surface area contributed by atoms with E-state index < -0.39 is 37.6 Å². The number of rotatable bonds is 6. The highest BCUT2D eigenvalue weighted by Crippen LogP contribution is 2.35. The van der Waals surface area contributed by atoms with Crippen molar-refractivity contribution in [1.29, 1.82) is 0 Å². The van der Waals surface area contributed by atoms with Gasteiger partial charge in [-0.2, -0.15) is 13.2 Å². The molecule has 2 aromatic carbocycles. The number of hydrogen-bond donors (Lipinski definition) is 2. The molecule has 146 valence electrons. The van der Waals surface area contributed by atoms with Gasteiger partial charge in [0.2, 0.25) is 15.9 Å². The molecule has 2 N–H and O–H groups in total. The van der Waals surface area contributed by atoms with Crippen molar-refractivity contribution < 1.29 is 26.4 Å². The lowest BCUT2D eigenvalue weighted by atomic mass is 10.2. The van der Waals surface area contributed by atoms with Crippen molar-refractivity contribution in [2.75, 3.05) is 11.9 Å². The molecule has 0 bridgehead atoms. The lowest BCUT2D eigenvalue weighted by Gasteiger charge is -2.12. The fraction of sp³-hybridized carbons (Fsp3) is 0.235. The molecule has 27 heavy (non-hydrogen) atoms. The maximum atomic E-state index is 12.9. The molecule has 0 atom stereocenters. The Morgan fingerprint density at radius 3 is 2.44 bits per heavy atom. The molecule has 1 amide bonds. The van der Waals surface area contributed by atoms with Gasteiger partial charge in [-0.1, -0.05) is 29.8 Å². The number of nitrogens with one attached hydrogen (secondary N) is 2. The van der Waals surface area contributed by atoms with E-state index in [1.807, 2.05) is 0 Å². The molecular weight excluding hydrogens is 405 g/mol. The summed E-state index contributed by atoms with van der Waals surface area (Å²) in [6.45, 7) is 1.53. The van der Waals surface area contributed by atoms with Crippen molar-refractivity contribution in [3.8, 4) is 0 Å². The Labute approximate surface area is 159 Å². The van der Waals surface area contributed by atoms with Crippen molar-refractivity contribution in [2.24, 2.45) is 0 Å². The number of halogens is 4. The molecule has 0 aromatic heterocycles. The SMILES string of the molecule is Cc1ccccc1NC(=O)CCNS(=O)(=O)c1ccc(Cl)c(C(F)(F)F)c1. The van der Waals surface area contributed by atoms with Gasteiger partial charge in [0, 0.05) is 18.7 Å². The van der Waals surface area contributed by atoms with Crippen LogP contribution in [0.4, 0.5) is 18.9 Å². The minimum absolute atomic E-state index is 0.187. The first-order valence-corrected chi connectivity index (χ1v) is 9.59. The van der Waals surface area contributed by atoms with Crippen LogP contribution in [0, 0.1) is 6.92 Å². The van der Waals surface area contributed by atoms with Gasteiger partial charge in [0.05, 0.1) is 15.5 Å². The summed E-state index contributed by atoms with van der Waals surface area (Å²) in [7, 11) is -4.23. The molecule has 0 radical (unpaired) electrons. The third kappa shape index (κ3) is 5.69. The zero-order chi connectivity index (χ0) is 20.2. The first kappa shape index (κ1) is 21.2. The average molecular weight is 421 g/mol. The average Bonchev–Trinajstić information content (AvgIpc) is 2.56. The van der Waals surface area contributed by atoms with E-state index in [1.54, 1.807) is 31.2 Å². The number of alkyl halides is 3. The van der Waals surface area contributed by atoms with Gasteiger partial charge in [0.25, 0.3) is 0 Å². The predicted molar refractivity (Wildman–Crippen MR) is 96.1 cm³/mol.